The Morgan fingerprint density at radius 2 is 1.84 bits per heavy atom. The van der Waals surface area contributed by atoms with Crippen LogP contribution in [-0.4, -0.2) is 39.4 Å². The zero-order valence-electron chi connectivity index (χ0n) is 13.5. The minimum absolute atomic E-state index is 0.0566. The van der Waals surface area contributed by atoms with Gasteiger partial charge in [-0.1, -0.05) is 11.6 Å². The maximum absolute atomic E-state index is 12.7. The second-order valence-corrected chi connectivity index (χ2v) is 7.68. The number of amides is 1. The van der Waals surface area contributed by atoms with Crippen LogP contribution in [0.3, 0.4) is 0 Å². The van der Waals surface area contributed by atoms with Gasteiger partial charge in [-0.2, -0.15) is 0 Å². The third-order valence-electron chi connectivity index (χ3n) is 3.95. The lowest BCUT2D eigenvalue weighted by Gasteiger charge is -2.31. The first kappa shape index (κ1) is 17.6. The average molecular weight is 381 g/mol. The Labute approximate surface area is 151 Å². The van der Waals surface area contributed by atoms with E-state index in [1.165, 1.54) is 25.3 Å². The SMILES string of the molecule is COc1ccc(NS(=O)(=O)c2cc(C(=O)N3CCC3)ccc2Cl)cc1. The summed E-state index contributed by atoms with van der Waals surface area (Å²) in [5.41, 5.74) is 0.676. The molecule has 8 heteroatoms. The fourth-order valence-electron chi connectivity index (χ4n) is 2.41. The van der Waals surface area contributed by atoms with Gasteiger partial charge < -0.3 is 9.64 Å². The van der Waals surface area contributed by atoms with Gasteiger partial charge in [0.15, 0.2) is 0 Å². The van der Waals surface area contributed by atoms with Crippen LogP contribution in [0.15, 0.2) is 47.4 Å². The summed E-state index contributed by atoms with van der Waals surface area (Å²) in [6.45, 7) is 1.38. The molecule has 0 saturated carbocycles. The number of likely N-dealkylation sites (tertiary alicyclic amines) is 1. The summed E-state index contributed by atoms with van der Waals surface area (Å²) >= 11 is 6.06. The molecule has 0 unspecified atom stereocenters. The number of benzene rings is 2. The highest BCUT2D eigenvalue weighted by molar-refractivity contribution is 7.92. The predicted molar refractivity (Wildman–Crippen MR) is 95.8 cm³/mol. The predicted octanol–water partition coefficient (Wildman–Crippen LogP) is 3.00. The lowest BCUT2D eigenvalue weighted by atomic mass is 10.1. The molecule has 1 aliphatic heterocycles. The van der Waals surface area contributed by atoms with Crippen molar-refractivity contribution in [1.29, 1.82) is 0 Å². The quantitative estimate of drug-likeness (QED) is 0.865. The van der Waals surface area contributed by atoms with Crippen molar-refractivity contribution in [1.82, 2.24) is 4.90 Å². The van der Waals surface area contributed by atoms with Gasteiger partial charge in [0, 0.05) is 24.3 Å². The Hall–Kier alpha value is -2.25. The zero-order chi connectivity index (χ0) is 18.0. The van der Waals surface area contributed by atoms with E-state index in [-0.39, 0.29) is 15.8 Å². The van der Waals surface area contributed by atoms with Crippen molar-refractivity contribution in [2.75, 3.05) is 24.9 Å². The van der Waals surface area contributed by atoms with Crippen molar-refractivity contribution in [3.63, 3.8) is 0 Å². The van der Waals surface area contributed by atoms with E-state index in [1.807, 2.05) is 0 Å². The maximum atomic E-state index is 12.7. The van der Waals surface area contributed by atoms with E-state index in [2.05, 4.69) is 4.72 Å². The molecule has 25 heavy (non-hydrogen) atoms. The van der Waals surface area contributed by atoms with Crippen molar-refractivity contribution >= 4 is 33.2 Å². The van der Waals surface area contributed by atoms with E-state index in [1.54, 1.807) is 29.2 Å². The Morgan fingerprint density at radius 3 is 2.40 bits per heavy atom. The number of hydrogen-bond acceptors (Lipinski definition) is 4. The molecule has 2 aromatic rings. The largest absolute Gasteiger partial charge is 0.497 e. The summed E-state index contributed by atoms with van der Waals surface area (Å²) in [5.74, 6) is 0.423. The number of nitrogens with one attached hydrogen (secondary N) is 1. The first-order valence-electron chi connectivity index (χ1n) is 7.66. The average Bonchev–Trinajstić information content (AvgIpc) is 2.53. The van der Waals surface area contributed by atoms with Crippen molar-refractivity contribution in [3.8, 4) is 5.75 Å². The van der Waals surface area contributed by atoms with Gasteiger partial charge in [0.2, 0.25) is 0 Å². The molecule has 1 aliphatic rings. The first-order valence-corrected chi connectivity index (χ1v) is 9.52. The molecule has 2 aromatic carbocycles. The van der Waals surface area contributed by atoms with Crippen LogP contribution in [0.5, 0.6) is 5.75 Å². The summed E-state index contributed by atoms with van der Waals surface area (Å²) < 4.78 is 32.8. The number of hydrogen-bond donors (Lipinski definition) is 1. The maximum Gasteiger partial charge on any atom is 0.263 e. The molecular weight excluding hydrogens is 364 g/mol. The molecule has 0 spiro atoms. The second-order valence-electron chi connectivity index (χ2n) is 5.62. The molecule has 6 nitrogen and oxygen atoms in total. The standard InChI is InChI=1S/C17H17ClN2O4S/c1-24-14-6-4-13(5-7-14)19-25(22,23)16-11-12(3-8-15(16)18)17(21)20-9-2-10-20/h3-8,11,19H,2,9-10H2,1H3. The number of anilines is 1. The number of sulfonamides is 1. The minimum Gasteiger partial charge on any atom is -0.497 e. The van der Waals surface area contributed by atoms with E-state index in [0.717, 1.165) is 6.42 Å². The van der Waals surface area contributed by atoms with Crippen LogP contribution in [0.2, 0.25) is 5.02 Å². The highest BCUT2D eigenvalue weighted by Crippen LogP contribution is 2.27. The molecule has 1 heterocycles. The Kier molecular flexibility index (Phi) is 4.87. The molecule has 0 radical (unpaired) electrons. The number of ether oxygens (including phenoxy) is 1. The van der Waals surface area contributed by atoms with Gasteiger partial charge in [-0.05, 0) is 48.9 Å². The molecule has 0 atom stereocenters. The molecular formula is C17H17ClN2O4S. The smallest absolute Gasteiger partial charge is 0.263 e. The molecule has 0 bridgehead atoms. The Balaban J connectivity index is 1.88. The van der Waals surface area contributed by atoms with Gasteiger partial charge in [0.25, 0.3) is 15.9 Å². The van der Waals surface area contributed by atoms with E-state index >= 15 is 0 Å². The van der Waals surface area contributed by atoms with Crippen LogP contribution >= 0.6 is 11.6 Å². The van der Waals surface area contributed by atoms with Crippen LogP contribution in [0.1, 0.15) is 16.8 Å². The third-order valence-corrected chi connectivity index (χ3v) is 5.82. The summed E-state index contributed by atoms with van der Waals surface area (Å²) in [6, 6.07) is 10.7. The van der Waals surface area contributed by atoms with Gasteiger partial charge in [0.05, 0.1) is 12.1 Å². The molecule has 0 aromatic heterocycles. The fourth-order valence-corrected chi connectivity index (χ4v) is 4.00. The van der Waals surface area contributed by atoms with Gasteiger partial charge >= 0.3 is 0 Å². The zero-order valence-corrected chi connectivity index (χ0v) is 15.1. The molecule has 1 N–H and O–H groups in total. The van der Waals surface area contributed by atoms with Crippen LogP contribution in [0, 0.1) is 0 Å². The highest BCUT2D eigenvalue weighted by Gasteiger charge is 2.25. The summed E-state index contributed by atoms with van der Waals surface area (Å²) in [4.78, 5) is 13.8. The van der Waals surface area contributed by atoms with E-state index in [4.69, 9.17) is 16.3 Å². The molecule has 1 fully saturated rings. The molecule has 1 saturated heterocycles. The Bertz CT molecular complexity index is 893. The van der Waals surface area contributed by atoms with Crippen LogP contribution in [0.4, 0.5) is 5.69 Å². The number of carbonyl (C=O) groups excluding carboxylic acids is 1. The topological polar surface area (TPSA) is 75.7 Å². The summed E-state index contributed by atoms with van der Waals surface area (Å²) in [5, 5.41) is 0.0566. The first-order chi connectivity index (χ1) is 11.9. The van der Waals surface area contributed by atoms with Gasteiger partial charge in [0.1, 0.15) is 10.6 Å². The number of nitrogens with zero attached hydrogens (tertiary/aromatic N) is 1. The van der Waals surface area contributed by atoms with Crippen LogP contribution < -0.4 is 9.46 Å². The van der Waals surface area contributed by atoms with E-state index < -0.39 is 10.0 Å². The molecule has 132 valence electrons. The number of halogens is 1. The van der Waals surface area contributed by atoms with Crippen molar-refractivity contribution < 1.29 is 17.9 Å². The number of carbonyl (C=O) groups is 1. The van der Waals surface area contributed by atoms with Crippen molar-refractivity contribution in [2.24, 2.45) is 0 Å². The summed E-state index contributed by atoms with van der Waals surface area (Å²) in [6.07, 6.45) is 0.962. The molecule has 0 aliphatic carbocycles. The second kappa shape index (κ2) is 6.93. The number of methoxy groups -OCH3 is 1. The summed E-state index contributed by atoms with van der Waals surface area (Å²) in [7, 11) is -2.40. The van der Waals surface area contributed by atoms with Crippen LogP contribution in [-0.2, 0) is 10.0 Å². The fraction of sp³-hybridized carbons (Fsp3) is 0.235. The number of rotatable bonds is 5. The van der Waals surface area contributed by atoms with E-state index in [9.17, 15) is 13.2 Å². The normalized spacial score (nSPS) is 13.9. The van der Waals surface area contributed by atoms with E-state index in [0.29, 0.717) is 30.1 Å². The van der Waals surface area contributed by atoms with Gasteiger partial charge in [-0.3, -0.25) is 9.52 Å². The molecule has 3 rings (SSSR count). The third kappa shape index (κ3) is 3.72. The monoisotopic (exact) mass is 380 g/mol. The molecule has 1 amide bonds. The Morgan fingerprint density at radius 1 is 1.16 bits per heavy atom. The minimum atomic E-state index is -3.93. The van der Waals surface area contributed by atoms with Gasteiger partial charge in [-0.15, -0.1) is 0 Å². The van der Waals surface area contributed by atoms with Crippen LogP contribution in [0.25, 0.3) is 0 Å². The van der Waals surface area contributed by atoms with Gasteiger partial charge in [-0.25, -0.2) is 8.42 Å². The highest BCUT2D eigenvalue weighted by atomic mass is 35.5. The lowest BCUT2D eigenvalue weighted by molar-refractivity contribution is 0.0651. The van der Waals surface area contributed by atoms with Crippen molar-refractivity contribution in [3.05, 3.63) is 53.1 Å². The lowest BCUT2D eigenvalue weighted by Crippen LogP contribution is -2.42. The van der Waals surface area contributed by atoms with Crippen molar-refractivity contribution in [2.45, 2.75) is 11.3 Å².